The van der Waals surface area contributed by atoms with Gasteiger partial charge in [0.2, 0.25) is 5.91 Å². The monoisotopic (exact) mass is 487 g/mol. The molecule has 2 amide bonds. The lowest BCUT2D eigenvalue weighted by Gasteiger charge is -2.36. The van der Waals surface area contributed by atoms with Crippen LogP contribution in [0.1, 0.15) is 24.8 Å². The third-order valence-electron chi connectivity index (χ3n) is 6.58. The molecule has 1 saturated carbocycles. The largest absolute Gasteiger partial charge is 0.495 e. The van der Waals surface area contributed by atoms with E-state index in [2.05, 4.69) is 10.0 Å². The van der Waals surface area contributed by atoms with E-state index >= 15 is 0 Å². The molecule has 0 bridgehead atoms. The summed E-state index contributed by atoms with van der Waals surface area (Å²) in [4.78, 5) is 27.1. The fraction of sp³-hybridized carbons (Fsp3) is 0.391. The van der Waals surface area contributed by atoms with Gasteiger partial charge in [-0.1, -0.05) is 18.6 Å². The number of rotatable bonds is 5. The summed E-state index contributed by atoms with van der Waals surface area (Å²) in [6, 6.07) is 9.33. The third kappa shape index (κ3) is 3.74. The van der Waals surface area contributed by atoms with Gasteiger partial charge < -0.3 is 24.4 Å². The molecule has 0 radical (unpaired) electrons. The number of hydrogen-bond donors (Lipinski definition) is 2. The smallest absolute Gasteiger partial charge is 0.415 e. The number of amides is 2. The molecule has 5 rings (SSSR count). The quantitative estimate of drug-likeness (QED) is 0.665. The molecule has 0 atom stereocenters. The first-order chi connectivity index (χ1) is 16.3. The van der Waals surface area contributed by atoms with E-state index in [0.717, 1.165) is 6.42 Å². The SMILES string of the molecule is COc1ccccc1S(=O)(=O)Nc1cc(OC(=O)N2CCOCC2)c2c(c1)C1(CCC1)C(=O)N2. The van der Waals surface area contributed by atoms with Crippen LogP contribution in [0.15, 0.2) is 41.3 Å². The van der Waals surface area contributed by atoms with Crippen LogP contribution in [0, 0.1) is 0 Å². The Labute approximate surface area is 197 Å². The Morgan fingerprint density at radius 3 is 2.56 bits per heavy atom. The highest BCUT2D eigenvalue weighted by atomic mass is 32.2. The lowest BCUT2D eigenvalue weighted by molar-refractivity contribution is -0.123. The molecule has 0 unspecified atom stereocenters. The summed E-state index contributed by atoms with van der Waals surface area (Å²) < 4.78 is 45.0. The molecule has 1 aliphatic carbocycles. The maximum atomic E-state index is 13.2. The first kappa shape index (κ1) is 22.5. The molecule has 2 aliphatic heterocycles. The molecular weight excluding hydrogens is 462 g/mol. The van der Waals surface area contributed by atoms with Crippen molar-refractivity contribution in [3.05, 3.63) is 42.0 Å². The second kappa shape index (κ2) is 8.48. The van der Waals surface area contributed by atoms with Gasteiger partial charge in [-0.05, 0) is 36.6 Å². The summed E-state index contributed by atoms with van der Waals surface area (Å²) in [6.45, 7) is 1.59. The lowest BCUT2D eigenvalue weighted by atomic mass is 9.65. The Bertz CT molecular complexity index is 1250. The van der Waals surface area contributed by atoms with E-state index in [1.165, 1.54) is 24.1 Å². The van der Waals surface area contributed by atoms with Crippen molar-refractivity contribution >= 4 is 33.4 Å². The zero-order valence-corrected chi connectivity index (χ0v) is 19.4. The number of para-hydroxylation sites is 1. The number of sulfonamides is 1. The molecule has 2 fully saturated rings. The first-order valence-corrected chi connectivity index (χ1v) is 12.5. The molecular formula is C23H25N3O7S. The molecule has 2 aromatic rings. The van der Waals surface area contributed by atoms with E-state index in [1.807, 2.05) is 0 Å². The number of hydrogen-bond acceptors (Lipinski definition) is 7. The minimum absolute atomic E-state index is 0.0302. The van der Waals surface area contributed by atoms with Crippen LogP contribution in [0.25, 0.3) is 0 Å². The van der Waals surface area contributed by atoms with Crippen molar-refractivity contribution in [3.8, 4) is 11.5 Å². The Morgan fingerprint density at radius 1 is 1.15 bits per heavy atom. The van der Waals surface area contributed by atoms with Crippen molar-refractivity contribution in [2.24, 2.45) is 0 Å². The van der Waals surface area contributed by atoms with Crippen molar-refractivity contribution in [3.63, 3.8) is 0 Å². The first-order valence-electron chi connectivity index (χ1n) is 11.0. The normalized spacial score (nSPS) is 18.6. The van der Waals surface area contributed by atoms with E-state index in [9.17, 15) is 18.0 Å². The van der Waals surface area contributed by atoms with Crippen LogP contribution >= 0.6 is 0 Å². The molecule has 11 heteroatoms. The summed E-state index contributed by atoms with van der Waals surface area (Å²) in [7, 11) is -2.63. The summed E-state index contributed by atoms with van der Waals surface area (Å²) in [5.74, 6) is 0.133. The highest BCUT2D eigenvalue weighted by Crippen LogP contribution is 2.54. The number of nitrogens with one attached hydrogen (secondary N) is 2. The fourth-order valence-electron chi connectivity index (χ4n) is 4.60. The average Bonchev–Trinajstić information content (AvgIpc) is 3.11. The molecule has 1 saturated heterocycles. The van der Waals surface area contributed by atoms with E-state index in [0.29, 0.717) is 50.4 Å². The zero-order chi connectivity index (χ0) is 23.9. The highest BCUT2D eigenvalue weighted by Gasteiger charge is 2.52. The molecule has 3 aliphatic rings. The van der Waals surface area contributed by atoms with E-state index in [1.54, 1.807) is 24.3 Å². The number of benzene rings is 2. The van der Waals surface area contributed by atoms with Crippen LogP contribution in [0.4, 0.5) is 16.2 Å². The fourth-order valence-corrected chi connectivity index (χ4v) is 5.81. The standard InChI is InChI=1S/C23H25N3O7S/c1-31-17-5-2-3-6-19(17)34(29,30)25-15-13-16-20(24-21(27)23(16)7-4-8-23)18(14-15)33-22(28)26-9-11-32-12-10-26/h2-3,5-6,13-14,25H,4,7-12H2,1H3,(H,24,27). The van der Waals surface area contributed by atoms with Crippen LogP contribution in [-0.2, 0) is 25.0 Å². The third-order valence-corrected chi connectivity index (χ3v) is 8.00. The molecule has 1 spiro atoms. The van der Waals surface area contributed by atoms with Gasteiger partial charge in [0, 0.05) is 19.2 Å². The van der Waals surface area contributed by atoms with Crippen LogP contribution in [0.5, 0.6) is 11.5 Å². The number of carbonyl (C=O) groups excluding carboxylic acids is 2. The summed E-state index contributed by atoms with van der Waals surface area (Å²) >= 11 is 0. The number of anilines is 2. The van der Waals surface area contributed by atoms with Gasteiger partial charge in [-0.2, -0.15) is 0 Å². The molecule has 2 N–H and O–H groups in total. The Morgan fingerprint density at radius 2 is 1.88 bits per heavy atom. The van der Waals surface area contributed by atoms with Crippen LogP contribution < -0.4 is 19.5 Å². The lowest BCUT2D eigenvalue weighted by Crippen LogP contribution is -2.42. The molecule has 2 heterocycles. The van der Waals surface area contributed by atoms with Gasteiger partial charge >= 0.3 is 6.09 Å². The number of fused-ring (bicyclic) bond motifs is 2. The molecule has 0 aromatic heterocycles. The van der Waals surface area contributed by atoms with Gasteiger partial charge in [0.1, 0.15) is 10.6 Å². The number of morpholine rings is 1. The number of methoxy groups -OCH3 is 1. The highest BCUT2D eigenvalue weighted by molar-refractivity contribution is 7.92. The van der Waals surface area contributed by atoms with E-state index in [-0.39, 0.29) is 28.0 Å². The second-order valence-electron chi connectivity index (χ2n) is 8.51. The van der Waals surface area contributed by atoms with Crippen molar-refractivity contribution in [1.82, 2.24) is 4.90 Å². The van der Waals surface area contributed by atoms with Crippen LogP contribution in [0.3, 0.4) is 0 Å². The van der Waals surface area contributed by atoms with Gasteiger partial charge in [0.05, 0.1) is 37.1 Å². The van der Waals surface area contributed by atoms with Crippen molar-refractivity contribution in [1.29, 1.82) is 0 Å². The van der Waals surface area contributed by atoms with E-state index in [4.69, 9.17) is 14.2 Å². The van der Waals surface area contributed by atoms with Gasteiger partial charge in [0.15, 0.2) is 5.75 Å². The Hall–Kier alpha value is -3.31. The number of nitrogens with zero attached hydrogens (tertiary/aromatic N) is 1. The van der Waals surface area contributed by atoms with Crippen LogP contribution in [-0.4, -0.2) is 58.7 Å². The predicted molar refractivity (Wildman–Crippen MR) is 123 cm³/mol. The summed E-state index contributed by atoms with van der Waals surface area (Å²) in [5, 5.41) is 2.85. The average molecular weight is 488 g/mol. The van der Waals surface area contributed by atoms with Crippen LogP contribution in [0.2, 0.25) is 0 Å². The zero-order valence-electron chi connectivity index (χ0n) is 18.6. The molecule has 2 aromatic carbocycles. The molecule has 34 heavy (non-hydrogen) atoms. The molecule has 10 nitrogen and oxygen atoms in total. The van der Waals surface area contributed by atoms with Crippen molar-refractivity contribution in [2.75, 3.05) is 43.5 Å². The maximum Gasteiger partial charge on any atom is 0.415 e. The minimum Gasteiger partial charge on any atom is -0.495 e. The van der Waals surface area contributed by atoms with Crippen molar-refractivity contribution in [2.45, 2.75) is 29.6 Å². The topological polar surface area (TPSA) is 123 Å². The number of carbonyl (C=O) groups is 2. The number of ether oxygens (including phenoxy) is 3. The molecule has 180 valence electrons. The Balaban J connectivity index is 1.53. The summed E-state index contributed by atoms with van der Waals surface area (Å²) in [6.07, 6.45) is 1.59. The van der Waals surface area contributed by atoms with E-state index < -0.39 is 21.5 Å². The van der Waals surface area contributed by atoms with Gasteiger partial charge in [-0.15, -0.1) is 0 Å². The Kier molecular flexibility index (Phi) is 5.61. The summed E-state index contributed by atoms with van der Waals surface area (Å²) in [5.41, 5.74) is 0.499. The van der Waals surface area contributed by atoms with Crippen molar-refractivity contribution < 1.29 is 32.2 Å². The minimum atomic E-state index is -4.03. The van der Waals surface area contributed by atoms with Gasteiger partial charge in [0.25, 0.3) is 10.0 Å². The second-order valence-corrected chi connectivity index (χ2v) is 10.2. The predicted octanol–water partition coefficient (Wildman–Crippen LogP) is 2.70. The van der Waals surface area contributed by atoms with Gasteiger partial charge in [-0.3, -0.25) is 9.52 Å². The maximum absolute atomic E-state index is 13.2. The van der Waals surface area contributed by atoms with Gasteiger partial charge in [-0.25, -0.2) is 13.2 Å².